The fraction of sp³-hybridized carbons (Fsp3) is 0.333. The maximum atomic E-state index is 11.9. The number of aliphatic carboxylic acids is 1. The minimum atomic E-state index is -0.893. The van der Waals surface area contributed by atoms with E-state index in [4.69, 9.17) is 28.3 Å². The fourth-order valence-corrected chi connectivity index (χ4v) is 2.44. The van der Waals surface area contributed by atoms with Crippen molar-refractivity contribution in [1.29, 1.82) is 0 Å². The monoisotopic (exact) mass is 340 g/mol. The zero-order chi connectivity index (χ0) is 12.7. The van der Waals surface area contributed by atoms with Gasteiger partial charge in [-0.1, -0.05) is 23.2 Å². The molecule has 0 bridgehead atoms. The van der Waals surface area contributed by atoms with Crippen LogP contribution in [-0.4, -0.2) is 40.0 Å². The van der Waals surface area contributed by atoms with Crippen LogP contribution < -0.4 is 0 Å². The number of carbonyl (C=O) groups is 2. The number of H-pyrrole nitrogens is 1. The van der Waals surface area contributed by atoms with Crippen molar-refractivity contribution in [2.75, 3.05) is 13.1 Å². The van der Waals surface area contributed by atoms with Crippen molar-refractivity contribution in [2.24, 2.45) is 5.92 Å². The summed E-state index contributed by atoms with van der Waals surface area (Å²) in [6.07, 6.45) is 0. The number of hydrogen-bond donors (Lipinski definition) is 2. The van der Waals surface area contributed by atoms with E-state index in [2.05, 4.69) is 20.9 Å². The van der Waals surface area contributed by atoms with Crippen LogP contribution in [0.4, 0.5) is 0 Å². The lowest BCUT2D eigenvalue weighted by Crippen LogP contribution is -2.53. The topological polar surface area (TPSA) is 73.4 Å². The molecule has 2 heterocycles. The number of carbonyl (C=O) groups excluding carboxylic acids is 1. The van der Waals surface area contributed by atoms with Gasteiger partial charge in [-0.05, 0) is 15.9 Å². The lowest BCUT2D eigenvalue weighted by Gasteiger charge is -2.36. The van der Waals surface area contributed by atoms with Gasteiger partial charge in [0.1, 0.15) is 10.8 Å². The highest BCUT2D eigenvalue weighted by Gasteiger charge is 2.37. The van der Waals surface area contributed by atoms with Gasteiger partial charge in [-0.15, -0.1) is 0 Å². The molecule has 1 fully saturated rings. The predicted molar refractivity (Wildman–Crippen MR) is 65.5 cm³/mol. The Balaban J connectivity index is 2.12. The fourth-order valence-electron chi connectivity index (χ4n) is 1.53. The molecule has 1 amide bonds. The minimum absolute atomic E-state index is 0.178. The van der Waals surface area contributed by atoms with Crippen LogP contribution in [0.1, 0.15) is 10.5 Å². The van der Waals surface area contributed by atoms with E-state index in [0.29, 0.717) is 4.47 Å². The molecule has 8 heteroatoms. The highest BCUT2D eigenvalue weighted by atomic mass is 79.9. The molecule has 5 nitrogen and oxygen atoms in total. The van der Waals surface area contributed by atoms with Gasteiger partial charge in [0.2, 0.25) is 0 Å². The number of hydrogen-bond acceptors (Lipinski definition) is 2. The first kappa shape index (κ1) is 12.7. The molecule has 0 unspecified atom stereocenters. The summed E-state index contributed by atoms with van der Waals surface area (Å²) in [6.45, 7) is 0.406. The number of aromatic amines is 1. The van der Waals surface area contributed by atoms with E-state index in [1.54, 1.807) is 0 Å². The third kappa shape index (κ3) is 2.17. The van der Waals surface area contributed by atoms with Gasteiger partial charge in [0.15, 0.2) is 0 Å². The molecule has 0 aromatic carbocycles. The van der Waals surface area contributed by atoms with Crippen LogP contribution in [0.25, 0.3) is 0 Å². The molecule has 0 aliphatic carbocycles. The van der Waals surface area contributed by atoms with Gasteiger partial charge in [0.05, 0.1) is 15.4 Å². The molecular weight excluding hydrogens is 335 g/mol. The molecular formula is C9H7BrCl2N2O3. The van der Waals surface area contributed by atoms with Crippen molar-refractivity contribution in [3.8, 4) is 0 Å². The summed E-state index contributed by atoms with van der Waals surface area (Å²) in [5, 5.41) is 9.13. The largest absolute Gasteiger partial charge is 0.481 e. The van der Waals surface area contributed by atoms with Crippen LogP contribution in [0.5, 0.6) is 0 Å². The molecule has 92 valence electrons. The maximum absolute atomic E-state index is 11.9. The third-order valence-electron chi connectivity index (χ3n) is 2.57. The number of halogens is 3. The number of likely N-dealkylation sites (tertiary alicyclic amines) is 1. The summed E-state index contributed by atoms with van der Waals surface area (Å²) in [5.41, 5.74) is 0.240. The van der Waals surface area contributed by atoms with Gasteiger partial charge in [0.25, 0.3) is 5.91 Å². The van der Waals surface area contributed by atoms with Crippen LogP contribution in [0.15, 0.2) is 4.47 Å². The van der Waals surface area contributed by atoms with E-state index in [9.17, 15) is 9.59 Å². The van der Waals surface area contributed by atoms with Crippen molar-refractivity contribution < 1.29 is 14.7 Å². The van der Waals surface area contributed by atoms with E-state index >= 15 is 0 Å². The van der Waals surface area contributed by atoms with Gasteiger partial charge in [-0.3, -0.25) is 9.59 Å². The van der Waals surface area contributed by atoms with Crippen molar-refractivity contribution in [3.63, 3.8) is 0 Å². The number of rotatable bonds is 2. The Morgan fingerprint density at radius 1 is 1.41 bits per heavy atom. The van der Waals surface area contributed by atoms with Crippen LogP contribution in [-0.2, 0) is 4.79 Å². The van der Waals surface area contributed by atoms with Gasteiger partial charge in [0, 0.05) is 13.1 Å². The molecule has 2 N–H and O–H groups in total. The standard InChI is InChI=1S/C9H7BrCl2N2O3/c10-4-5(11)7(12)13-6(4)8(15)14-1-3(2-14)9(16)17/h3,13H,1-2H2,(H,16,17). The van der Waals surface area contributed by atoms with Gasteiger partial charge >= 0.3 is 5.97 Å². The number of aromatic nitrogens is 1. The average molecular weight is 342 g/mol. The zero-order valence-corrected chi connectivity index (χ0v) is 11.4. The quantitative estimate of drug-likeness (QED) is 0.866. The summed E-state index contributed by atoms with van der Waals surface area (Å²) in [5.74, 6) is -1.70. The Hall–Kier alpha value is -0.720. The Bertz CT molecular complexity index is 497. The summed E-state index contributed by atoms with van der Waals surface area (Å²) >= 11 is 14.7. The summed E-state index contributed by atoms with van der Waals surface area (Å²) in [7, 11) is 0. The van der Waals surface area contributed by atoms with E-state index in [1.807, 2.05) is 0 Å². The van der Waals surface area contributed by atoms with Crippen molar-refractivity contribution in [2.45, 2.75) is 0 Å². The molecule has 1 aliphatic rings. The van der Waals surface area contributed by atoms with Crippen LogP contribution in [0.2, 0.25) is 10.2 Å². The SMILES string of the molecule is O=C(O)C1CN(C(=O)c2[nH]c(Cl)c(Cl)c2Br)C1. The van der Waals surface area contributed by atoms with E-state index in [-0.39, 0.29) is 34.9 Å². The van der Waals surface area contributed by atoms with Crippen molar-refractivity contribution >= 4 is 51.0 Å². The molecule has 1 saturated heterocycles. The van der Waals surface area contributed by atoms with Crippen LogP contribution >= 0.6 is 39.1 Å². The van der Waals surface area contributed by atoms with E-state index < -0.39 is 11.9 Å². The number of carboxylic acids is 1. The summed E-state index contributed by atoms with van der Waals surface area (Å²) < 4.78 is 0.396. The molecule has 0 radical (unpaired) electrons. The Morgan fingerprint density at radius 2 is 2.00 bits per heavy atom. The molecule has 1 aromatic heterocycles. The summed E-state index contributed by atoms with van der Waals surface area (Å²) in [6, 6.07) is 0. The van der Waals surface area contributed by atoms with E-state index in [1.165, 1.54) is 4.90 Å². The molecule has 1 aromatic rings. The van der Waals surface area contributed by atoms with Crippen LogP contribution in [0.3, 0.4) is 0 Å². The number of amides is 1. The second kappa shape index (κ2) is 4.51. The highest BCUT2D eigenvalue weighted by molar-refractivity contribution is 9.10. The molecule has 0 saturated carbocycles. The van der Waals surface area contributed by atoms with E-state index in [0.717, 1.165) is 0 Å². The second-order valence-corrected chi connectivity index (χ2v) is 5.24. The molecule has 0 spiro atoms. The number of nitrogens with zero attached hydrogens (tertiary/aromatic N) is 1. The molecule has 2 rings (SSSR count). The first-order chi connectivity index (χ1) is 7.91. The Morgan fingerprint density at radius 3 is 2.41 bits per heavy atom. The summed E-state index contributed by atoms with van der Waals surface area (Å²) in [4.78, 5) is 26.6. The molecule has 0 atom stereocenters. The number of carboxylic acid groups (broad SMARTS) is 1. The normalized spacial score (nSPS) is 15.8. The van der Waals surface area contributed by atoms with Crippen LogP contribution in [0, 0.1) is 5.92 Å². The maximum Gasteiger partial charge on any atom is 0.310 e. The van der Waals surface area contributed by atoms with Gasteiger partial charge < -0.3 is 15.0 Å². The molecule has 1 aliphatic heterocycles. The zero-order valence-electron chi connectivity index (χ0n) is 8.34. The van der Waals surface area contributed by atoms with Crippen molar-refractivity contribution in [1.82, 2.24) is 9.88 Å². The Kier molecular flexibility index (Phi) is 3.38. The molecule has 17 heavy (non-hydrogen) atoms. The smallest absolute Gasteiger partial charge is 0.310 e. The lowest BCUT2D eigenvalue weighted by molar-refractivity contribution is -0.146. The Labute approximate surface area is 115 Å². The first-order valence-electron chi connectivity index (χ1n) is 4.66. The number of nitrogens with one attached hydrogen (secondary N) is 1. The predicted octanol–water partition coefficient (Wildman–Crippen LogP) is 2.24. The third-order valence-corrected chi connectivity index (χ3v) is 4.35. The van der Waals surface area contributed by atoms with Crippen molar-refractivity contribution in [3.05, 3.63) is 20.3 Å². The second-order valence-electron chi connectivity index (χ2n) is 3.69. The van der Waals surface area contributed by atoms with Gasteiger partial charge in [-0.2, -0.15) is 0 Å². The lowest BCUT2D eigenvalue weighted by atomic mass is 10.0. The first-order valence-corrected chi connectivity index (χ1v) is 6.21. The minimum Gasteiger partial charge on any atom is -0.481 e. The highest BCUT2D eigenvalue weighted by Crippen LogP contribution is 2.34. The average Bonchev–Trinajstić information content (AvgIpc) is 2.43. The van der Waals surface area contributed by atoms with Gasteiger partial charge in [-0.25, -0.2) is 0 Å².